The third-order valence-electron chi connectivity index (χ3n) is 4.33. The highest BCUT2D eigenvalue weighted by Gasteiger charge is 2.27. The third kappa shape index (κ3) is 5.72. The first-order valence-corrected chi connectivity index (χ1v) is 11.6. The second-order valence-corrected chi connectivity index (χ2v) is 11.5. The number of aryl methyl sites for hydroxylation is 1. The highest BCUT2D eigenvalue weighted by molar-refractivity contribution is 8.00. The van der Waals surface area contributed by atoms with Crippen molar-refractivity contribution in [2.75, 3.05) is 25.4 Å². The molecule has 1 heterocycles. The number of benzene rings is 1. The lowest BCUT2D eigenvalue weighted by Gasteiger charge is -2.26. The van der Waals surface area contributed by atoms with Crippen molar-refractivity contribution in [2.24, 2.45) is 0 Å². The first-order chi connectivity index (χ1) is 12.1. The molecule has 1 aliphatic rings. The zero-order chi connectivity index (χ0) is 19.4. The fourth-order valence-electron chi connectivity index (χ4n) is 2.88. The summed E-state index contributed by atoms with van der Waals surface area (Å²) in [4.78, 5) is 12.7. The Morgan fingerprint density at radius 2 is 1.85 bits per heavy atom. The SMILES string of the molecule is Cc1ccc(S(=O)(=O)N2CCCCC2)cc1C(=O)NCCSC(C)(C)C. The van der Waals surface area contributed by atoms with Crippen molar-refractivity contribution < 1.29 is 13.2 Å². The van der Waals surface area contributed by atoms with Crippen molar-refractivity contribution >= 4 is 27.7 Å². The number of nitrogens with one attached hydrogen (secondary N) is 1. The van der Waals surface area contributed by atoms with E-state index in [2.05, 4.69) is 26.1 Å². The van der Waals surface area contributed by atoms with Crippen LogP contribution in [0.1, 0.15) is 56.0 Å². The summed E-state index contributed by atoms with van der Waals surface area (Å²) >= 11 is 1.78. The van der Waals surface area contributed by atoms with Gasteiger partial charge >= 0.3 is 0 Å². The second kappa shape index (κ2) is 8.76. The van der Waals surface area contributed by atoms with Crippen molar-refractivity contribution in [3.63, 3.8) is 0 Å². The Bertz CT molecular complexity index is 734. The number of amides is 1. The summed E-state index contributed by atoms with van der Waals surface area (Å²) < 4.78 is 27.4. The third-order valence-corrected chi connectivity index (χ3v) is 7.50. The molecule has 1 aliphatic heterocycles. The van der Waals surface area contributed by atoms with Crippen LogP contribution in [0.2, 0.25) is 0 Å². The van der Waals surface area contributed by atoms with E-state index in [9.17, 15) is 13.2 Å². The highest BCUT2D eigenvalue weighted by Crippen LogP contribution is 2.24. The van der Waals surface area contributed by atoms with E-state index in [1.165, 1.54) is 10.4 Å². The molecule has 0 radical (unpaired) electrons. The van der Waals surface area contributed by atoms with Crippen molar-refractivity contribution in [2.45, 2.75) is 56.6 Å². The summed E-state index contributed by atoms with van der Waals surface area (Å²) in [5.74, 6) is 0.604. The highest BCUT2D eigenvalue weighted by atomic mass is 32.2. The van der Waals surface area contributed by atoms with Crippen molar-refractivity contribution in [3.05, 3.63) is 29.3 Å². The molecule has 2 rings (SSSR count). The standard InChI is InChI=1S/C19H30N2O3S2/c1-15-8-9-16(26(23,24)21-11-6-5-7-12-21)14-17(15)18(22)20-10-13-25-19(2,3)4/h8-9,14H,5-7,10-13H2,1-4H3,(H,20,22). The van der Waals surface area contributed by atoms with Gasteiger partial charge in [-0.25, -0.2) is 8.42 Å². The number of sulfonamides is 1. The Morgan fingerprint density at radius 3 is 2.46 bits per heavy atom. The molecule has 0 unspecified atom stereocenters. The molecule has 1 aromatic carbocycles. The summed E-state index contributed by atoms with van der Waals surface area (Å²) in [5.41, 5.74) is 1.22. The van der Waals surface area contributed by atoms with Crippen LogP contribution in [0.3, 0.4) is 0 Å². The van der Waals surface area contributed by atoms with E-state index >= 15 is 0 Å². The average molecular weight is 399 g/mol. The van der Waals surface area contributed by atoms with Crippen LogP contribution in [0.25, 0.3) is 0 Å². The van der Waals surface area contributed by atoms with Crippen LogP contribution in [-0.2, 0) is 10.0 Å². The smallest absolute Gasteiger partial charge is 0.251 e. The van der Waals surface area contributed by atoms with Crippen molar-refractivity contribution in [1.82, 2.24) is 9.62 Å². The van der Waals surface area contributed by atoms with Gasteiger partial charge < -0.3 is 5.32 Å². The lowest BCUT2D eigenvalue weighted by molar-refractivity contribution is 0.0955. The van der Waals surface area contributed by atoms with Gasteiger partial charge in [-0.1, -0.05) is 33.3 Å². The predicted molar refractivity (Wildman–Crippen MR) is 108 cm³/mol. The minimum absolute atomic E-state index is 0.156. The number of thioether (sulfide) groups is 1. The first kappa shape index (κ1) is 21.3. The van der Waals surface area contributed by atoms with Gasteiger partial charge in [-0.15, -0.1) is 0 Å². The fourth-order valence-corrected chi connectivity index (χ4v) is 5.24. The number of carbonyl (C=O) groups excluding carboxylic acids is 1. The molecule has 0 aliphatic carbocycles. The van der Waals surface area contributed by atoms with E-state index in [0.717, 1.165) is 30.6 Å². The molecule has 26 heavy (non-hydrogen) atoms. The maximum Gasteiger partial charge on any atom is 0.251 e. The summed E-state index contributed by atoms with van der Waals surface area (Å²) in [7, 11) is -3.53. The molecule has 146 valence electrons. The summed E-state index contributed by atoms with van der Waals surface area (Å²) in [6.07, 6.45) is 2.86. The van der Waals surface area contributed by atoms with Gasteiger partial charge in [0.15, 0.2) is 0 Å². The summed E-state index contributed by atoms with van der Waals surface area (Å²) in [6, 6.07) is 4.84. The van der Waals surface area contributed by atoms with E-state index < -0.39 is 10.0 Å². The van der Waals surface area contributed by atoms with Crippen LogP contribution in [0.15, 0.2) is 23.1 Å². The fraction of sp³-hybridized carbons (Fsp3) is 0.632. The molecule has 0 spiro atoms. The van der Waals surface area contributed by atoms with Crippen LogP contribution < -0.4 is 5.32 Å². The zero-order valence-electron chi connectivity index (χ0n) is 16.2. The maximum atomic E-state index is 12.8. The van der Waals surface area contributed by atoms with Crippen LogP contribution in [0, 0.1) is 6.92 Å². The van der Waals surface area contributed by atoms with E-state index in [1.807, 2.05) is 6.92 Å². The van der Waals surface area contributed by atoms with Crippen LogP contribution >= 0.6 is 11.8 Å². The molecular formula is C19H30N2O3S2. The van der Waals surface area contributed by atoms with Gasteiger partial charge in [-0.3, -0.25) is 4.79 Å². The Balaban J connectivity index is 2.10. The largest absolute Gasteiger partial charge is 0.351 e. The molecule has 1 aromatic rings. The Morgan fingerprint density at radius 1 is 1.19 bits per heavy atom. The van der Waals surface area contributed by atoms with Gasteiger partial charge in [0.1, 0.15) is 0 Å². The predicted octanol–water partition coefficient (Wildman–Crippen LogP) is 3.43. The number of piperidine rings is 1. The average Bonchev–Trinajstić information content (AvgIpc) is 2.58. The number of rotatable bonds is 6. The molecule has 5 nitrogen and oxygen atoms in total. The van der Waals surface area contributed by atoms with E-state index in [4.69, 9.17) is 0 Å². The van der Waals surface area contributed by atoms with E-state index in [-0.39, 0.29) is 15.5 Å². The summed E-state index contributed by atoms with van der Waals surface area (Å²) in [5, 5.41) is 2.90. The lowest BCUT2D eigenvalue weighted by atomic mass is 10.1. The van der Waals surface area contributed by atoms with Crippen LogP contribution in [-0.4, -0.2) is 48.8 Å². The van der Waals surface area contributed by atoms with Gasteiger partial charge in [0.25, 0.3) is 5.91 Å². The monoisotopic (exact) mass is 398 g/mol. The van der Waals surface area contributed by atoms with E-state index in [1.54, 1.807) is 23.9 Å². The van der Waals surface area contributed by atoms with Crippen molar-refractivity contribution in [1.29, 1.82) is 0 Å². The molecule has 7 heteroatoms. The van der Waals surface area contributed by atoms with Gasteiger partial charge in [-0.05, 0) is 37.5 Å². The Kier molecular flexibility index (Phi) is 7.16. The molecule has 1 N–H and O–H groups in total. The van der Waals surface area contributed by atoms with Crippen LogP contribution in [0.5, 0.6) is 0 Å². The molecule has 0 saturated carbocycles. The number of nitrogens with zero attached hydrogens (tertiary/aromatic N) is 1. The second-order valence-electron chi connectivity index (χ2n) is 7.66. The Labute approximate surface area is 162 Å². The molecule has 0 aromatic heterocycles. The maximum absolute atomic E-state index is 12.8. The van der Waals surface area contributed by atoms with Crippen LogP contribution in [0.4, 0.5) is 0 Å². The molecule has 0 bridgehead atoms. The molecule has 1 saturated heterocycles. The van der Waals surface area contributed by atoms with Gasteiger partial charge in [0.05, 0.1) is 4.90 Å². The topological polar surface area (TPSA) is 66.5 Å². The van der Waals surface area contributed by atoms with Crippen molar-refractivity contribution in [3.8, 4) is 0 Å². The quantitative estimate of drug-likeness (QED) is 0.746. The lowest BCUT2D eigenvalue weighted by Crippen LogP contribution is -2.35. The number of carbonyl (C=O) groups is 1. The Hall–Kier alpha value is -1.05. The van der Waals surface area contributed by atoms with Gasteiger partial charge in [-0.2, -0.15) is 16.1 Å². The minimum atomic E-state index is -3.53. The molecule has 1 amide bonds. The summed E-state index contributed by atoms with van der Waals surface area (Å²) in [6.45, 7) is 9.92. The molecule has 1 fully saturated rings. The minimum Gasteiger partial charge on any atom is -0.351 e. The van der Waals surface area contributed by atoms with Gasteiger partial charge in [0, 0.05) is 35.7 Å². The first-order valence-electron chi connectivity index (χ1n) is 9.14. The molecular weight excluding hydrogens is 368 g/mol. The van der Waals surface area contributed by atoms with E-state index in [0.29, 0.717) is 25.2 Å². The normalized spacial score (nSPS) is 16.5. The number of hydrogen-bond donors (Lipinski definition) is 1. The zero-order valence-corrected chi connectivity index (χ0v) is 17.8. The number of hydrogen-bond acceptors (Lipinski definition) is 4. The molecule has 0 atom stereocenters. The van der Waals surface area contributed by atoms with Gasteiger partial charge in [0.2, 0.25) is 10.0 Å².